The lowest BCUT2D eigenvalue weighted by molar-refractivity contribution is 0.0150. The normalized spacial score (nSPS) is 47.5. The molecule has 0 aromatic heterocycles. The van der Waals surface area contributed by atoms with Gasteiger partial charge in [0.05, 0.1) is 0 Å². The molecule has 2 aliphatic carbocycles. The Morgan fingerprint density at radius 2 is 2.08 bits per heavy atom. The first kappa shape index (κ1) is 8.55. The van der Waals surface area contributed by atoms with E-state index in [-0.39, 0.29) is 0 Å². The van der Waals surface area contributed by atoms with Crippen LogP contribution in [-0.2, 0) is 0 Å². The van der Waals surface area contributed by atoms with Crippen LogP contribution in [0.5, 0.6) is 0 Å². The molecule has 0 heterocycles. The van der Waals surface area contributed by atoms with Gasteiger partial charge in [-0.2, -0.15) is 0 Å². The summed E-state index contributed by atoms with van der Waals surface area (Å²) < 4.78 is 0. The Balaban J connectivity index is 2.19. The van der Waals surface area contributed by atoms with Gasteiger partial charge >= 0.3 is 0 Å². The van der Waals surface area contributed by atoms with E-state index in [0.29, 0.717) is 12.0 Å². The highest BCUT2D eigenvalue weighted by molar-refractivity contribution is 4.97. The van der Waals surface area contributed by atoms with Crippen molar-refractivity contribution < 1.29 is 5.11 Å². The third kappa shape index (κ3) is 1.02. The molecule has 2 saturated carbocycles. The van der Waals surface area contributed by atoms with Crippen LogP contribution in [0.1, 0.15) is 45.4 Å². The predicted octanol–water partition coefficient (Wildman–Crippen LogP) is 2.59. The van der Waals surface area contributed by atoms with Crippen LogP contribution in [0.3, 0.4) is 0 Å². The Labute approximate surface area is 75.2 Å². The summed E-state index contributed by atoms with van der Waals surface area (Å²) in [7, 11) is 0. The van der Waals surface area contributed by atoms with Gasteiger partial charge in [0.25, 0.3) is 0 Å². The Kier molecular flexibility index (Phi) is 2.16. The van der Waals surface area contributed by atoms with Crippen molar-refractivity contribution >= 4 is 0 Å². The van der Waals surface area contributed by atoms with Gasteiger partial charge in [0.2, 0.25) is 0 Å². The molecule has 12 heavy (non-hydrogen) atoms. The minimum Gasteiger partial charge on any atom is -0.396 e. The number of hydrogen-bond donors (Lipinski definition) is 1. The highest BCUT2D eigenvalue weighted by atomic mass is 16.3. The summed E-state index contributed by atoms with van der Waals surface area (Å²) in [5, 5.41) is 9.52. The largest absolute Gasteiger partial charge is 0.396 e. The molecule has 0 unspecified atom stereocenters. The minimum absolute atomic E-state index is 0.345. The van der Waals surface area contributed by atoms with E-state index in [2.05, 4.69) is 6.92 Å². The second kappa shape index (κ2) is 3.02. The van der Waals surface area contributed by atoms with E-state index in [4.69, 9.17) is 0 Å². The first-order valence-corrected chi connectivity index (χ1v) is 5.40. The lowest BCUT2D eigenvalue weighted by atomic mass is 9.65. The van der Waals surface area contributed by atoms with E-state index in [1.807, 2.05) is 0 Å². The SMILES string of the molecule is C[C@@H]1CC[C@@H]2CCCC[C@@]21CO. The molecule has 0 bridgehead atoms. The lowest BCUT2D eigenvalue weighted by Gasteiger charge is -2.41. The van der Waals surface area contributed by atoms with Crippen LogP contribution in [-0.4, -0.2) is 11.7 Å². The second-order valence-corrected chi connectivity index (χ2v) is 4.81. The summed E-state index contributed by atoms with van der Waals surface area (Å²) >= 11 is 0. The van der Waals surface area contributed by atoms with Crippen LogP contribution >= 0.6 is 0 Å². The quantitative estimate of drug-likeness (QED) is 0.638. The Hall–Kier alpha value is -0.0400. The average Bonchev–Trinajstić information content (AvgIpc) is 2.45. The first-order chi connectivity index (χ1) is 5.79. The van der Waals surface area contributed by atoms with E-state index in [1.54, 1.807) is 0 Å². The minimum atomic E-state index is 0.345. The topological polar surface area (TPSA) is 20.2 Å². The van der Waals surface area contributed by atoms with Gasteiger partial charge < -0.3 is 5.11 Å². The molecule has 0 amide bonds. The van der Waals surface area contributed by atoms with Crippen LogP contribution in [0.2, 0.25) is 0 Å². The molecule has 1 heteroatoms. The Bertz CT molecular complexity index is 164. The standard InChI is InChI=1S/C11H20O/c1-9-5-6-10-4-2-3-7-11(9,10)8-12/h9-10,12H,2-8H2,1H3/t9-,10+,11+/m1/s1. The summed E-state index contributed by atoms with van der Waals surface area (Å²) in [5.41, 5.74) is 0.345. The molecule has 0 aliphatic heterocycles. The van der Waals surface area contributed by atoms with E-state index >= 15 is 0 Å². The van der Waals surface area contributed by atoms with E-state index in [1.165, 1.54) is 38.5 Å². The highest BCUT2D eigenvalue weighted by Gasteiger charge is 2.48. The molecule has 2 fully saturated rings. The summed E-state index contributed by atoms with van der Waals surface area (Å²) in [6, 6.07) is 0. The highest BCUT2D eigenvalue weighted by Crippen LogP contribution is 2.55. The fraction of sp³-hybridized carbons (Fsp3) is 1.00. The maximum absolute atomic E-state index is 9.52. The molecule has 0 aromatic carbocycles. The average molecular weight is 168 g/mol. The van der Waals surface area contributed by atoms with E-state index in [0.717, 1.165) is 11.8 Å². The van der Waals surface area contributed by atoms with Crippen LogP contribution in [0.15, 0.2) is 0 Å². The van der Waals surface area contributed by atoms with Gasteiger partial charge in [-0.1, -0.05) is 19.8 Å². The van der Waals surface area contributed by atoms with Crippen LogP contribution in [0.25, 0.3) is 0 Å². The van der Waals surface area contributed by atoms with Gasteiger partial charge in [-0.05, 0) is 42.9 Å². The van der Waals surface area contributed by atoms with Crippen molar-refractivity contribution in [3.8, 4) is 0 Å². The van der Waals surface area contributed by atoms with Crippen molar-refractivity contribution in [1.82, 2.24) is 0 Å². The van der Waals surface area contributed by atoms with Crippen molar-refractivity contribution in [2.24, 2.45) is 17.3 Å². The molecule has 1 nitrogen and oxygen atoms in total. The van der Waals surface area contributed by atoms with Gasteiger partial charge in [-0.3, -0.25) is 0 Å². The van der Waals surface area contributed by atoms with Gasteiger partial charge in [-0.15, -0.1) is 0 Å². The van der Waals surface area contributed by atoms with Crippen molar-refractivity contribution in [2.75, 3.05) is 6.61 Å². The molecule has 0 aromatic rings. The van der Waals surface area contributed by atoms with E-state index in [9.17, 15) is 5.11 Å². The number of aliphatic hydroxyl groups is 1. The molecule has 0 radical (unpaired) electrons. The number of aliphatic hydroxyl groups excluding tert-OH is 1. The summed E-state index contributed by atoms with van der Waals surface area (Å²) in [5.74, 6) is 1.62. The number of hydrogen-bond acceptors (Lipinski definition) is 1. The molecule has 0 spiro atoms. The molecule has 2 aliphatic rings. The summed E-state index contributed by atoms with van der Waals surface area (Å²) in [6.45, 7) is 2.78. The van der Waals surface area contributed by atoms with Gasteiger partial charge in [-0.25, -0.2) is 0 Å². The lowest BCUT2D eigenvalue weighted by Crippen LogP contribution is -2.37. The molecule has 0 saturated heterocycles. The maximum Gasteiger partial charge on any atom is 0.0492 e. The smallest absolute Gasteiger partial charge is 0.0492 e. The van der Waals surface area contributed by atoms with E-state index < -0.39 is 0 Å². The van der Waals surface area contributed by atoms with Gasteiger partial charge in [0, 0.05) is 6.61 Å². The van der Waals surface area contributed by atoms with Crippen LogP contribution < -0.4 is 0 Å². The third-order valence-corrected chi connectivity index (χ3v) is 4.48. The van der Waals surface area contributed by atoms with Crippen molar-refractivity contribution in [1.29, 1.82) is 0 Å². The zero-order valence-electron chi connectivity index (χ0n) is 8.05. The first-order valence-electron chi connectivity index (χ1n) is 5.40. The third-order valence-electron chi connectivity index (χ3n) is 4.48. The molecular weight excluding hydrogens is 148 g/mol. The number of fused-ring (bicyclic) bond motifs is 1. The van der Waals surface area contributed by atoms with Crippen LogP contribution in [0, 0.1) is 17.3 Å². The monoisotopic (exact) mass is 168 g/mol. The maximum atomic E-state index is 9.52. The zero-order chi connectivity index (χ0) is 8.60. The summed E-state index contributed by atoms with van der Waals surface area (Å²) in [6.07, 6.45) is 8.15. The van der Waals surface area contributed by atoms with Crippen molar-refractivity contribution in [3.05, 3.63) is 0 Å². The molecule has 3 atom stereocenters. The summed E-state index contributed by atoms with van der Waals surface area (Å²) in [4.78, 5) is 0. The fourth-order valence-electron chi connectivity index (χ4n) is 3.52. The number of rotatable bonds is 1. The Morgan fingerprint density at radius 3 is 2.75 bits per heavy atom. The van der Waals surface area contributed by atoms with Crippen molar-refractivity contribution in [2.45, 2.75) is 45.4 Å². The van der Waals surface area contributed by atoms with Crippen molar-refractivity contribution in [3.63, 3.8) is 0 Å². The molecule has 2 rings (SSSR count). The molecule has 70 valence electrons. The Morgan fingerprint density at radius 1 is 1.25 bits per heavy atom. The molecular formula is C11H20O. The van der Waals surface area contributed by atoms with Crippen LogP contribution in [0.4, 0.5) is 0 Å². The second-order valence-electron chi connectivity index (χ2n) is 4.81. The molecule has 1 N–H and O–H groups in total. The van der Waals surface area contributed by atoms with Gasteiger partial charge in [0.1, 0.15) is 0 Å². The zero-order valence-corrected chi connectivity index (χ0v) is 8.05. The fourth-order valence-corrected chi connectivity index (χ4v) is 3.52. The van der Waals surface area contributed by atoms with Gasteiger partial charge in [0.15, 0.2) is 0 Å². The predicted molar refractivity (Wildman–Crippen MR) is 49.9 cm³/mol.